The second-order valence-electron chi connectivity index (χ2n) is 2.87. The lowest BCUT2D eigenvalue weighted by Gasteiger charge is -2.09. The number of benzene rings is 1. The van der Waals surface area contributed by atoms with Gasteiger partial charge in [-0.25, -0.2) is 0 Å². The lowest BCUT2D eigenvalue weighted by atomic mass is 10.2. The molecule has 1 aromatic carbocycles. The standard InChI is InChI=1S/C11H13NO2/c1-2-10(13)11(14)8-12-9-6-4-3-5-7-9/h2-7,11-12,14H,1,8H2. The summed E-state index contributed by atoms with van der Waals surface area (Å²) in [7, 11) is 0. The number of aliphatic hydroxyl groups excluding tert-OH is 1. The monoisotopic (exact) mass is 191 g/mol. The molecule has 0 aromatic heterocycles. The zero-order valence-corrected chi connectivity index (χ0v) is 7.81. The van der Waals surface area contributed by atoms with E-state index in [0.717, 1.165) is 11.8 Å². The maximum Gasteiger partial charge on any atom is 0.185 e. The molecule has 14 heavy (non-hydrogen) atoms. The summed E-state index contributed by atoms with van der Waals surface area (Å²) in [6, 6.07) is 9.39. The molecule has 1 rings (SSSR count). The smallest absolute Gasteiger partial charge is 0.185 e. The molecule has 2 N–H and O–H groups in total. The average molecular weight is 191 g/mol. The van der Waals surface area contributed by atoms with Crippen molar-refractivity contribution in [3.8, 4) is 0 Å². The second-order valence-corrected chi connectivity index (χ2v) is 2.87. The van der Waals surface area contributed by atoms with Crippen LogP contribution in [0.4, 0.5) is 5.69 Å². The highest BCUT2D eigenvalue weighted by molar-refractivity contribution is 5.93. The molecule has 0 aliphatic rings. The zero-order chi connectivity index (χ0) is 10.4. The molecule has 0 heterocycles. The van der Waals surface area contributed by atoms with E-state index in [4.69, 9.17) is 0 Å². The number of anilines is 1. The zero-order valence-electron chi connectivity index (χ0n) is 7.81. The Morgan fingerprint density at radius 3 is 2.71 bits per heavy atom. The fraction of sp³-hybridized carbons (Fsp3) is 0.182. The van der Waals surface area contributed by atoms with Gasteiger partial charge in [-0.2, -0.15) is 0 Å². The summed E-state index contributed by atoms with van der Waals surface area (Å²) in [5, 5.41) is 12.2. The normalized spacial score (nSPS) is 11.8. The molecule has 0 aliphatic heterocycles. The van der Waals surface area contributed by atoms with Crippen molar-refractivity contribution in [2.45, 2.75) is 6.10 Å². The van der Waals surface area contributed by atoms with E-state index in [1.54, 1.807) is 0 Å². The summed E-state index contributed by atoms with van der Waals surface area (Å²) >= 11 is 0. The number of rotatable bonds is 5. The first-order valence-corrected chi connectivity index (χ1v) is 4.37. The van der Waals surface area contributed by atoms with Gasteiger partial charge in [-0.1, -0.05) is 24.8 Å². The van der Waals surface area contributed by atoms with Gasteiger partial charge in [-0.3, -0.25) is 4.79 Å². The predicted molar refractivity (Wildman–Crippen MR) is 56.1 cm³/mol. The van der Waals surface area contributed by atoms with Crippen molar-refractivity contribution in [2.75, 3.05) is 11.9 Å². The Bertz CT molecular complexity index is 308. The topological polar surface area (TPSA) is 49.3 Å². The minimum absolute atomic E-state index is 0.203. The fourth-order valence-corrected chi connectivity index (χ4v) is 1.01. The van der Waals surface area contributed by atoms with Crippen molar-refractivity contribution in [3.05, 3.63) is 43.0 Å². The van der Waals surface area contributed by atoms with E-state index in [9.17, 15) is 9.90 Å². The molecule has 3 nitrogen and oxygen atoms in total. The maximum absolute atomic E-state index is 10.9. The van der Waals surface area contributed by atoms with Crippen LogP contribution in [0.3, 0.4) is 0 Å². The number of hydrogen-bond acceptors (Lipinski definition) is 3. The number of carbonyl (C=O) groups is 1. The molecule has 3 heteroatoms. The molecule has 0 amide bonds. The van der Waals surface area contributed by atoms with Crippen LogP contribution in [0, 0.1) is 0 Å². The van der Waals surface area contributed by atoms with Crippen LogP contribution in [-0.2, 0) is 4.79 Å². The van der Waals surface area contributed by atoms with Crippen LogP contribution in [0.2, 0.25) is 0 Å². The molecule has 1 atom stereocenters. The lowest BCUT2D eigenvalue weighted by molar-refractivity contribution is -0.121. The van der Waals surface area contributed by atoms with Crippen molar-refractivity contribution < 1.29 is 9.90 Å². The predicted octanol–water partition coefficient (Wildman–Crippen LogP) is 1.21. The Hall–Kier alpha value is -1.61. The molecule has 0 bridgehead atoms. The Labute approximate surface area is 83.1 Å². The Morgan fingerprint density at radius 1 is 1.50 bits per heavy atom. The first-order valence-electron chi connectivity index (χ1n) is 4.37. The summed E-state index contributed by atoms with van der Waals surface area (Å²) in [6.07, 6.45) is 0.102. The quantitative estimate of drug-likeness (QED) is 0.688. The number of hydrogen-bond donors (Lipinski definition) is 2. The third-order valence-electron chi connectivity index (χ3n) is 1.80. The van der Waals surface area contributed by atoms with E-state index < -0.39 is 6.10 Å². The van der Waals surface area contributed by atoms with Crippen molar-refractivity contribution in [2.24, 2.45) is 0 Å². The summed E-state index contributed by atoms with van der Waals surface area (Å²) in [5.41, 5.74) is 0.878. The van der Waals surface area contributed by atoms with Gasteiger partial charge in [-0.05, 0) is 18.2 Å². The summed E-state index contributed by atoms with van der Waals surface area (Å²) in [5.74, 6) is -0.367. The van der Waals surface area contributed by atoms with Crippen molar-refractivity contribution in [3.63, 3.8) is 0 Å². The van der Waals surface area contributed by atoms with Gasteiger partial charge in [0.2, 0.25) is 0 Å². The van der Waals surface area contributed by atoms with E-state index in [1.165, 1.54) is 0 Å². The molecule has 74 valence electrons. The highest BCUT2D eigenvalue weighted by Gasteiger charge is 2.09. The van der Waals surface area contributed by atoms with Gasteiger partial charge in [0.25, 0.3) is 0 Å². The van der Waals surface area contributed by atoms with Crippen molar-refractivity contribution >= 4 is 11.5 Å². The van der Waals surface area contributed by atoms with E-state index in [0.29, 0.717) is 0 Å². The molecule has 0 aliphatic carbocycles. The Balaban J connectivity index is 2.41. The summed E-state index contributed by atoms with van der Waals surface area (Å²) < 4.78 is 0. The molecule has 0 saturated heterocycles. The summed E-state index contributed by atoms with van der Waals surface area (Å²) in [4.78, 5) is 10.9. The van der Waals surface area contributed by atoms with Gasteiger partial charge in [0, 0.05) is 12.2 Å². The van der Waals surface area contributed by atoms with Gasteiger partial charge >= 0.3 is 0 Å². The third kappa shape index (κ3) is 3.03. The van der Waals surface area contributed by atoms with E-state index >= 15 is 0 Å². The van der Waals surface area contributed by atoms with Crippen LogP contribution in [0.15, 0.2) is 43.0 Å². The first kappa shape index (κ1) is 10.5. The molecule has 0 saturated carbocycles. The first-order chi connectivity index (χ1) is 6.74. The fourth-order valence-electron chi connectivity index (χ4n) is 1.01. The van der Waals surface area contributed by atoms with E-state index in [1.807, 2.05) is 30.3 Å². The second kappa shape index (κ2) is 5.19. The Kier molecular flexibility index (Phi) is 3.88. The van der Waals surface area contributed by atoms with Gasteiger partial charge in [0.15, 0.2) is 5.78 Å². The van der Waals surface area contributed by atoms with Crippen LogP contribution < -0.4 is 5.32 Å². The van der Waals surface area contributed by atoms with Crippen molar-refractivity contribution in [1.82, 2.24) is 0 Å². The lowest BCUT2D eigenvalue weighted by Crippen LogP contribution is -2.26. The number of aliphatic hydroxyl groups is 1. The highest BCUT2D eigenvalue weighted by Crippen LogP contribution is 2.04. The third-order valence-corrected chi connectivity index (χ3v) is 1.80. The molecular weight excluding hydrogens is 178 g/mol. The van der Waals surface area contributed by atoms with Crippen LogP contribution in [0.1, 0.15) is 0 Å². The molecule has 0 fully saturated rings. The average Bonchev–Trinajstić information content (AvgIpc) is 2.26. The largest absolute Gasteiger partial charge is 0.383 e. The van der Waals surface area contributed by atoms with E-state index in [-0.39, 0.29) is 12.3 Å². The van der Waals surface area contributed by atoms with Crippen LogP contribution in [-0.4, -0.2) is 23.5 Å². The van der Waals surface area contributed by atoms with Gasteiger partial charge < -0.3 is 10.4 Å². The van der Waals surface area contributed by atoms with Gasteiger partial charge in [0.05, 0.1) is 0 Å². The molecular formula is C11H13NO2. The Morgan fingerprint density at radius 2 is 2.14 bits per heavy atom. The van der Waals surface area contributed by atoms with Gasteiger partial charge in [-0.15, -0.1) is 0 Å². The number of ketones is 1. The highest BCUT2D eigenvalue weighted by atomic mass is 16.3. The van der Waals surface area contributed by atoms with Gasteiger partial charge in [0.1, 0.15) is 6.10 Å². The van der Waals surface area contributed by atoms with Crippen LogP contribution >= 0.6 is 0 Å². The SMILES string of the molecule is C=CC(=O)C(O)CNc1ccccc1. The van der Waals surface area contributed by atoms with Crippen LogP contribution in [0.25, 0.3) is 0 Å². The maximum atomic E-state index is 10.9. The van der Waals surface area contributed by atoms with Crippen LogP contribution in [0.5, 0.6) is 0 Å². The summed E-state index contributed by atoms with van der Waals surface area (Å²) in [6.45, 7) is 3.50. The minimum Gasteiger partial charge on any atom is -0.383 e. The molecule has 1 unspecified atom stereocenters. The molecule has 1 aromatic rings. The number of para-hydroxylation sites is 1. The van der Waals surface area contributed by atoms with E-state index in [2.05, 4.69) is 11.9 Å². The number of nitrogens with one attached hydrogen (secondary N) is 1. The number of carbonyl (C=O) groups excluding carboxylic acids is 1. The minimum atomic E-state index is -1.02. The molecule has 0 radical (unpaired) electrons. The molecule has 0 spiro atoms. The van der Waals surface area contributed by atoms with Crippen molar-refractivity contribution in [1.29, 1.82) is 0 Å².